The molecular formula is C12H14FNO. The molecule has 3 heteroatoms. The van der Waals surface area contributed by atoms with E-state index in [9.17, 15) is 9.18 Å². The Labute approximate surface area is 88.7 Å². The van der Waals surface area contributed by atoms with Crippen LogP contribution in [-0.2, 0) is 0 Å². The molecule has 1 aromatic carbocycles. The summed E-state index contributed by atoms with van der Waals surface area (Å²) in [5.74, 6) is -0.339. The standard InChI is InChI=1S/C12H14FNO/c1-9-3-2-4-14(9)12-6-10(8-15)5-11(13)7-12/h5-9H,2-4H2,1H3. The summed E-state index contributed by atoms with van der Waals surface area (Å²) in [5, 5.41) is 0. The Hall–Kier alpha value is -1.38. The monoisotopic (exact) mass is 207 g/mol. The van der Waals surface area contributed by atoms with Crippen molar-refractivity contribution in [1.82, 2.24) is 0 Å². The predicted molar refractivity (Wildman–Crippen MR) is 57.8 cm³/mol. The molecule has 0 saturated carbocycles. The highest BCUT2D eigenvalue weighted by Gasteiger charge is 2.21. The first kappa shape index (κ1) is 10.1. The molecule has 1 saturated heterocycles. The van der Waals surface area contributed by atoms with Gasteiger partial charge in [-0.25, -0.2) is 4.39 Å². The predicted octanol–water partition coefficient (Wildman–Crippen LogP) is 2.63. The third kappa shape index (κ3) is 2.01. The normalized spacial score (nSPS) is 20.7. The van der Waals surface area contributed by atoms with E-state index >= 15 is 0 Å². The largest absolute Gasteiger partial charge is 0.369 e. The fraction of sp³-hybridized carbons (Fsp3) is 0.417. The molecule has 0 amide bonds. The first-order valence-electron chi connectivity index (χ1n) is 5.23. The maximum absolute atomic E-state index is 13.2. The van der Waals surface area contributed by atoms with E-state index in [0.717, 1.165) is 25.1 Å². The fourth-order valence-corrected chi connectivity index (χ4v) is 2.15. The molecule has 0 bridgehead atoms. The smallest absolute Gasteiger partial charge is 0.150 e. The van der Waals surface area contributed by atoms with Gasteiger partial charge >= 0.3 is 0 Å². The second-order valence-electron chi connectivity index (χ2n) is 4.05. The quantitative estimate of drug-likeness (QED) is 0.695. The third-order valence-electron chi connectivity index (χ3n) is 2.93. The average molecular weight is 207 g/mol. The van der Waals surface area contributed by atoms with Crippen LogP contribution in [0.5, 0.6) is 0 Å². The Balaban J connectivity index is 2.34. The van der Waals surface area contributed by atoms with Gasteiger partial charge in [-0.1, -0.05) is 0 Å². The van der Waals surface area contributed by atoms with Crippen LogP contribution in [0.3, 0.4) is 0 Å². The Kier molecular flexibility index (Phi) is 2.71. The van der Waals surface area contributed by atoms with E-state index in [2.05, 4.69) is 11.8 Å². The number of hydrogen-bond acceptors (Lipinski definition) is 2. The summed E-state index contributed by atoms with van der Waals surface area (Å²) in [6.07, 6.45) is 2.95. The lowest BCUT2D eigenvalue weighted by atomic mass is 10.2. The highest BCUT2D eigenvalue weighted by molar-refractivity contribution is 5.77. The second kappa shape index (κ2) is 4.01. The number of rotatable bonds is 2. The lowest BCUT2D eigenvalue weighted by Crippen LogP contribution is -2.26. The van der Waals surface area contributed by atoms with Crippen LogP contribution in [0, 0.1) is 5.82 Å². The minimum absolute atomic E-state index is 0.339. The van der Waals surface area contributed by atoms with Crippen molar-refractivity contribution in [1.29, 1.82) is 0 Å². The SMILES string of the molecule is CC1CCCN1c1cc(F)cc(C=O)c1. The van der Waals surface area contributed by atoms with E-state index in [1.165, 1.54) is 12.1 Å². The maximum Gasteiger partial charge on any atom is 0.150 e. The molecule has 1 aliphatic rings. The van der Waals surface area contributed by atoms with Crippen LogP contribution >= 0.6 is 0 Å². The lowest BCUT2D eigenvalue weighted by Gasteiger charge is -2.24. The lowest BCUT2D eigenvalue weighted by molar-refractivity contribution is 0.112. The Bertz CT molecular complexity index is 378. The van der Waals surface area contributed by atoms with Crippen LogP contribution in [0.4, 0.5) is 10.1 Å². The third-order valence-corrected chi connectivity index (χ3v) is 2.93. The van der Waals surface area contributed by atoms with Crippen molar-refractivity contribution in [2.75, 3.05) is 11.4 Å². The van der Waals surface area contributed by atoms with Crippen molar-refractivity contribution in [2.24, 2.45) is 0 Å². The van der Waals surface area contributed by atoms with E-state index in [4.69, 9.17) is 0 Å². The van der Waals surface area contributed by atoms with E-state index in [1.54, 1.807) is 6.07 Å². The van der Waals surface area contributed by atoms with Crippen molar-refractivity contribution < 1.29 is 9.18 Å². The van der Waals surface area contributed by atoms with Gasteiger partial charge < -0.3 is 4.90 Å². The zero-order valence-electron chi connectivity index (χ0n) is 8.74. The summed E-state index contributed by atoms with van der Waals surface area (Å²) in [6, 6.07) is 4.94. The first-order chi connectivity index (χ1) is 7.20. The van der Waals surface area contributed by atoms with Crippen LogP contribution in [0.1, 0.15) is 30.1 Å². The zero-order chi connectivity index (χ0) is 10.8. The molecule has 1 unspecified atom stereocenters. The van der Waals surface area contributed by atoms with Crippen LogP contribution in [0.2, 0.25) is 0 Å². The molecule has 0 aromatic heterocycles. The molecule has 1 atom stereocenters. The van der Waals surface area contributed by atoms with Gasteiger partial charge in [0, 0.05) is 23.8 Å². The summed E-state index contributed by atoms with van der Waals surface area (Å²) in [6.45, 7) is 3.07. The van der Waals surface area contributed by atoms with Gasteiger partial charge in [0.2, 0.25) is 0 Å². The Morgan fingerprint density at radius 2 is 2.27 bits per heavy atom. The Morgan fingerprint density at radius 3 is 2.87 bits per heavy atom. The Morgan fingerprint density at radius 1 is 1.47 bits per heavy atom. The average Bonchev–Trinajstić information content (AvgIpc) is 2.63. The molecule has 2 rings (SSSR count). The summed E-state index contributed by atoms with van der Waals surface area (Å²) in [7, 11) is 0. The highest BCUT2D eigenvalue weighted by atomic mass is 19.1. The topological polar surface area (TPSA) is 20.3 Å². The molecule has 1 aromatic rings. The molecule has 1 fully saturated rings. The fourth-order valence-electron chi connectivity index (χ4n) is 2.15. The van der Waals surface area contributed by atoms with Gasteiger partial charge in [0.15, 0.2) is 0 Å². The number of aldehydes is 1. The minimum atomic E-state index is -0.339. The van der Waals surface area contributed by atoms with Crippen LogP contribution in [-0.4, -0.2) is 18.9 Å². The van der Waals surface area contributed by atoms with E-state index in [0.29, 0.717) is 17.9 Å². The second-order valence-corrected chi connectivity index (χ2v) is 4.05. The molecule has 15 heavy (non-hydrogen) atoms. The number of anilines is 1. The van der Waals surface area contributed by atoms with Crippen molar-refractivity contribution >= 4 is 12.0 Å². The number of nitrogens with zero attached hydrogens (tertiary/aromatic N) is 1. The van der Waals surface area contributed by atoms with Crippen LogP contribution in [0.15, 0.2) is 18.2 Å². The summed E-state index contributed by atoms with van der Waals surface area (Å²) in [5.41, 5.74) is 1.23. The molecule has 1 heterocycles. The van der Waals surface area contributed by atoms with E-state index < -0.39 is 0 Å². The molecule has 1 aliphatic heterocycles. The van der Waals surface area contributed by atoms with Gasteiger partial charge in [-0.15, -0.1) is 0 Å². The molecule has 0 aliphatic carbocycles. The number of hydrogen-bond donors (Lipinski definition) is 0. The minimum Gasteiger partial charge on any atom is -0.369 e. The molecule has 0 radical (unpaired) electrons. The highest BCUT2D eigenvalue weighted by Crippen LogP contribution is 2.26. The zero-order valence-corrected chi connectivity index (χ0v) is 8.74. The number of benzene rings is 1. The van der Waals surface area contributed by atoms with Gasteiger partial charge in [0.05, 0.1) is 0 Å². The molecule has 80 valence electrons. The van der Waals surface area contributed by atoms with Crippen LogP contribution < -0.4 is 4.90 Å². The van der Waals surface area contributed by atoms with Crippen LogP contribution in [0.25, 0.3) is 0 Å². The van der Waals surface area contributed by atoms with Gasteiger partial charge in [-0.2, -0.15) is 0 Å². The van der Waals surface area contributed by atoms with Crippen molar-refractivity contribution in [3.63, 3.8) is 0 Å². The van der Waals surface area contributed by atoms with Gasteiger partial charge in [-0.3, -0.25) is 4.79 Å². The molecule has 0 spiro atoms. The molecule has 0 N–H and O–H groups in total. The van der Waals surface area contributed by atoms with Gasteiger partial charge in [0.1, 0.15) is 12.1 Å². The van der Waals surface area contributed by atoms with Crippen molar-refractivity contribution in [3.8, 4) is 0 Å². The summed E-state index contributed by atoms with van der Waals surface area (Å²) >= 11 is 0. The molecule has 2 nitrogen and oxygen atoms in total. The van der Waals surface area contributed by atoms with Crippen molar-refractivity contribution in [2.45, 2.75) is 25.8 Å². The van der Waals surface area contributed by atoms with E-state index in [-0.39, 0.29) is 5.82 Å². The first-order valence-corrected chi connectivity index (χ1v) is 5.23. The van der Waals surface area contributed by atoms with Gasteiger partial charge in [-0.05, 0) is 38.0 Å². The number of halogens is 1. The molecular weight excluding hydrogens is 193 g/mol. The summed E-state index contributed by atoms with van der Waals surface area (Å²) < 4.78 is 13.2. The van der Waals surface area contributed by atoms with E-state index in [1.807, 2.05) is 0 Å². The maximum atomic E-state index is 13.2. The van der Waals surface area contributed by atoms with Gasteiger partial charge in [0.25, 0.3) is 0 Å². The van der Waals surface area contributed by atoms with Crippen molar-refractivity contribution in [3.05, 3.63) is 29.6 Å². The number of carbonyl (C=O) groups is 1. The summed E-state index contributed by atoms with van der Waals surface area (Å²) in [4.78, 5) is 12.8. The number of carbonyl (C=O) groups excluding carboxylic acids is 1.